The highest BCUT2D eigenvalue weighted by Crippen LogP contribution is 2.20. The van der Waals surface area contributed by atoms with Gasteiger partial charge < -0.3 is 5.73 Å². The SMILES string of the molecule is NCc1ccc(Cl)c(-n2cnnn2)c1. The molecular formula is C8H8ClN5. The first-order valence-electron chi connectivity index (χ1n) is 4.03. The van der Waals surface area contributed by atoms with Crippen molar-refractivity contribution in [1.82, 2.24) is 20.2 Å². The number of benzene rings is 1. The number of hydrogen-bond donors (Lipinski definition) is 1. The van der Waals surface area contributed by atoms with Crippen LogP contribution in [0.3, 0.4) is 0 Å². The van der Waals surface area contributed by atoms with E-state index >= 15 is 0 Å². The summed E-state index contributed by atoms with van der Waals surface area (Å²) in [6.45, 7) is 0.465. The third-order valence-electron chi connectivity index (χ3n) is 1.84. The lowest BCUT2D eigenvalue weighted by molar-refractivity contribution is 0.788. The molecule has 2 rings (SSSR count). The van der Waals surface area contributed by atoms with Gasteiger partial charge in [0.05, 0.1) is 10.7 Å². The van der Waals surface area contributed by atoms with Crippen LogP contribution in [0.1, 0.15) is 5.56 Å². The molecule has 6 heteroatoms. The van der Waals surface area contributed by atoms with Crippen molar-refractivity contribution in [2.75, 3.05) is 0 Å². The Balaban J connectivity index is 2.51. The molecular weight excluding hydrogens is 202 g/mol. The molecule has 2 N–H and O–H groups in total. The van der Waals surface area contributed by atoms with Crippen LogP contribution in [0.5, 0.6) is 0 Å². The summed E-state index contributed by atoms with van der Waals surface area (Å²) in [6.07, 6.45) is 1.49. The topological polar surface area (TPSA) is 69.6 Å². The molecule has 0 atom stereocenters. The summed E-state index contributed by atoms with van der Waals surface area (Å²) >= 11 is 5.99. The standard InChI is InChI=1S/C8H8ClN5/c9-7-2-1-6(4-10)3-8(7)14-5-11-12-13-14/h1-3,5H,4,10H2. The number of aromatic nitrogens is 4. The predicted octanol–water partition coefficient (Wildman–Crippen LogP) is 0.774. The molecule has 0 spiro atoms. The largest absolute Gasteiger partial charge is 0.326 e. The Kier molecular flexibility index (Phi) is 2.43. The first-order valence-corrected chi connectivity index (χ1v) is 4.41. The fourth-order valence-corrected chi connectivity index (χ4v) is 1.34. The van der Waals surface area contributed by atoms with Gasteiger partial charge in [0, 0.05) is 6.54 Å². The zero-order chi connectivity index (χ0) is 9.97. The molecule has 0 saturated carbocycles. The van der Waals surface area contributed by atoms with Crippen LogP contribution in [-0.4, -0.2) is 20.2 Å². The molecule has 1 heterocycles. The average Bonchev–Trinajstić information content (AvgIpc) is 2.71. The highest BCUT2D eigenvalue weighted by atomic mass is 35.5. The van der Waals surface area contributed by atoms with Crippen LogP contribution in [0.4, 0.5) is 0 Å². The second-order valence-corrected chi connectivity index (χ2v) is 3.15. The van der Waals surface area contributed by atoms with E-state index in [9.17, 15) is 0 Å². The van der Waals surface area contributed by atoms with Crippen LogP contribution < -0.4 is 5.73 Å². The van der Waals surface area contributed by atoms with Gasteiger partial charge in [-0.25, -0.2) is 0 Å². The van der Waals surface area contributed by atoms with Gasteiger partial charge in [-0.1, -0.05) is 17.7 Å². The highest BCUT2D eigenvalue weighted by Gasteiger charge is 2.04. The Hall–Kier alpha value is -1.46. The van der Waals surface area contributed by atoms with Crippen molar-refractivity contribution in [2.45, 2.75) is 6.54 Å². The number of nitrogens with zero attached hydrogens (tertiary/aromatic N) is 4. The molecule has 1 aromatic heterocycles. The van der Waals surface area contributed by atoms with Gasteiger partial charge >= 0.3 is 0 Å². The number of halogens is 1. The molecule has 0 amide bonds. The Morgan fingerprint density at radius 1 is 1.43 bits per heavy atom. The highest BCUT2D eigenvalue weighted by molar-refractivity contribution is 6.32. The van der Waals surface area contributed by atoms with Gasteiger partial charge in [0.2, 0.25) is 0 Å². The molecule has 0 unspecified atom stereocenters. The van der Waals surface area contributed by atoms with Gasteiger partial charge in [-0.2, -0.15) is 4.68 Å². The van der Waals surface area contributed by atoms with E-state index < -0.39 is 0 Å². The summed E-state index contributed by atoms with van der Waals surface area (Å²) in [5, 5.41) is 11.4. The minimum Gasteiger partial charge on any atom is -0.326 e. The Morgan fingerprint density at radius 2 is 2.29 bits per heavy atom. The van der Waals surface area contributed by atoms with E-state index in [-0.39, 0.29) is 0 Å². The maximum atomic E-state index is 5.99. The van der Waals surface area contributed by atoms with Crippen molar-refractivity contribution in [3.05, 3.63) is 35.1 Å². The summed E-state index contributed by atoms with van der Waals surface area (Å²) < 4.78 is 1.50. The molecule has 0 saturated heterocycles. The van der Waals surface area contributed by atoms with E-state index in [1.165, 1.54) is 11.0 Å². The molecule has 5 nitrogen and oxygen atoms in total. The number of rotatable bonds is 2. The van der Waals surface area contributed by atoms with Crippen LogP contribution in [-0.2, 0) is 6.54 Å². The van der Waals surface area contributed by atoms with Gasteiger partial charge in [-0.3, -0.25) is 0 Å². The molecule has 2 aromatic rings. The number of hydrogen-bond acceptors (Lipinski definition) is 4. The van der Waals surface area contributed by atoms with E-state index in [1.807, 2.05) is 12.1 Å². The summed E-state index contributed by atoms with van der Waals surface area (Å²) in [6, 6.07) is 5.51. The Labute approximate surface area is 85.5 Å². The summed E-state index contributed by atoms with van der Waals surface area (Å²) in [5.74, 6) is 0. The first kappa shape index (κ1) is 9.11. The van der Waals surface area contributed by atoms with E-state index in [4.69, 9.17) is 17.3 Å². The van der Waals surface area contributed by atoms with Crippen LogP contribution in [0.15, 0.2) is 24.5 Å². The molecule has 0 aliphatic heterocycles. The summed E-state index contributed by atoms with van der Waals surface area (Å²) in [4.78, 5) is 0. The van der Waals surface area contributed by atoms with Crippen LogP contribution in [0, 0.1) is 0 Å². The van der Waals surface area contributed by atoms with Crippen molar-refractivity contribution in [3.63, 3.8) is 0 Å². The van der Waals surface area contributed by atoms with Crippen molar-refractivity contribution < 1.29 is 0 Å². The van der Waals surface area contributed by atoms with Crippen LogP contribution >= 0.6 is 11.6 Å². The lowest BCUT2D eigenvalue weighted by atomic mass is 10.2. The first-order chi connectivity index (χ1) is 6.81. The third kappa shape index (κ3) is 1.59. The van der Waals surface area contributed by atoms with Crippen molar-refractivity contribution in [3.8, 4) is 5.69 Å². The van der Waals surface area contributed by atoms with E-state index in [0.29, 0.717) is 11.6 Å². The Bertz CT molecular complexity index is 425. The van der Waals surface area contributed by atoms with Crippen molar-refractivity contribution in [1.29, 1.82) is 0 Å². The van der Waals surface area contributed by atoms with Gasteiger partial charge in [-0.05, 0) is 28.1 Å². The van der Waals surface area contributed by atoms with Gasteiger partial charge in [0.1, 0.15) is 6.33 Å². The van der Waals surface area contributed by atoms with Crippen molar-refractivity contribution in [2.24, 2.45) is 5.73 Å². The van der Waals surface area contributed by atoms with Crippen LogP contribution in [0.25, 0.3) is 5.69 Å². The lowest BCUT2D eigenvalue weighted by Crippen LogP contribution is -2.01. The molecule has 14 heavy (non-hydrogen) atoms. The molecule has 0 bridgehead atoms. The minimum atomic E-state index is 0.465. The number of tetrazole rings is 1. The van der Waals surface area contributed by atoms with Gasteiger partial charge in [-0.15, -0.1) is 5.10 Å². The van der Waals surface area contributed by atoms with Gasteiger partial charge in [0.25, 0.3) is 0 Å². The average molecular weight is 210 g/mol. The molecule has 1 aromatic carbocycles. The molecule has 0 aliphatic rings. The normalized spacial score (nSPS) is 10.4. The van der Waals surface area contributed by atoms with Gasteiger partial charge in [0.15, 0.2) is 0 Å². The quantitative estimate of drug-likeness (QED) is 0.794. The molecule has 0 radical (unpaired) electrons. The number of nitrogens with two attached hydrogens (primary N) is 1. The molecule has 72 valence electrons. The maximum Gasteiger partial charge on any atom is 0.143 e. The predicted molar refractivity (Wildman–Crippen MR) is 52.1 cm³/mol. The lowest BCUT2D eigenvalue weighted by Gasteiger charge is -2.04. The fraction of sp³-hybridized carbons (Fsp3) is 0.125. The maximum absolute atomic E-state index is 5.99. The summed E-state index contributed by atoms with van der Waals surface area (Å²) in [7, 11) is 0. The second kappa shape index (κ2) is 3.73. The van der Waals surface area contributed by atoms with E-state index in [0.717, 1.165) is 11.3 Å². The van der Waals surface area contributed by atoms with E-state index in [1.54, 1.807) is 6.07 Å². The zero-order valence-corrected chi connectivity index (χ0v) is 8.02. The Morgan fingerprint density at radius 3 is 2.93 bits per heavy atom. The van der Waals surface area contributed by atoms with Crippen LogP contribution in [0.2, 0.25) is 5.02 Å². The minimum absolute atomic E-state index is 0.465. The monoisotopic (exact) mass is 209 g/mol. The molecule has 0 fully saturated rings. The zero-order valence-electron chi connectivity index (χ0n) is 7.26. The van der Waals surface area contributed by atoms with E-state index in [2.05, 4.69) is 15.5 Å². The third-order valence-corrected chi connectivity index (χ3v) is 2.16. The fourth-order valence-electron chi connectivity index (χ4n) is 1.13. The second-order valence-electron chi connectivity index (χ2n) is 2.74. The molecule has 0 aliphatic carbocycles. The van der Waals surface area contributed by atoms with Crippen molar-refractivity contribution >= 4 is 11.6 Å². The smallest absolute Gasteiger partial charge is 0.143 e. The summed E-state index contributed by atoms with van der Waals surface area (Å²) in [5.41, 5.74) is 7.24.